The van der Waals surface area contributed by atoms with Crippen LogP contribution < -0.4 is 29.0 Å². The molecule has 0 aromatic heterocycles. The Morgan fingerprint density at radius 1 is 0.903 bits per heavy atom. The van der Waals surface area contributed by atoms with E-state index in [0.717, 1.165) is 17.7 Å². The van der Waals surface area contributed by atoms with Crippen LogP contribution in [0.25, 0.3) is 0 Å². The van der Waals surface area contributed by atoms with E-state index in [1.165, 1.54) is 0 Å². The number of rotatable bonds is 10. The maximum Gasteiger partial charge on any atom is 0.252 e. The number of nitrogens with one attached hydrogen (secondary N) is 1. The lowest BCUT2D eigenvalue weighted by molar-refractivity contribution is 0.0934. The fraction of sp³-hybridized carbons (Fsp3) is 0.458. The molecule has 0 fully saturated rings. The zero-order chi connectivity index (χ0) is 22.2. The maximum atomic E-state index is 13.1. The molecular formula is C24H31NO6. The first-order chi connectivity index (χ1) is 15.1. The molecule has 168 valence electrons. The molecule has 7 nitrogen and oxygen atoms in total. The van der Waals surface area contributed by atoms with Gasteiger partial charge in [0.2, 0.25) is 5.75 Å². The van der Waals surface area contributed by atoms with E-state index in [1.54, 1.807) is 12.1 Å². The van der Waals surface area contributed by atoms with E-state index in [9.17, 15) is 4.79 Å². The third kappa shape index (κ3) is 5.34. The molecule has 7 heteroatoms. The van der Waals surface area contributed by atoms with E-state index in [-0.39, 0.29) is 11.9 Å². The highest BCUT2D eigenvalue weighted by molar-refractivity contribution is 5.96. The van der Waals surface area contributed by atoms with Crippen LogP contribution in [0, 0.1) is 0 Å². The standard InChI is InChI=1S/C24H31NO6/c1-5-18(16-9-10-19-20(13-16)31-12-11-30-19)25-24(26)17-14-21(27-6-2)23(29-8-4)22(15-17)28-7-3/h9-10,13-15,18H,5-8,11-12H2,1-4H3,(H,25,26). The van der Waals surface area contributed by atoms with Crippen LogP contribution in [-0.4, -0.2) is 38.9 Å². The first kappa shape index (κ1) is 22.6. The first-order valence-electron chi connectivity index (χ1n) is 10.9. The van der Waals surface area contributed by atoms with Crippen LogP contribution in [0.2, 0.25) is 0 Å². The van der Waals surface area contributed by atoms with Gasteiger partial charge in [-0.2, -0.15) is 0 Å². The third-order valence-corrected chi connectivity index (χ3v) is 4.85. The molecule has 2 aromatic carbocycles. The monoisotopic (exact) mass is 429 g/mol. The van der Waals surface area contributed by atoms with E-state index in [4.69, 9.17) is 23.7 Å². The molecule has 31 heavy (non-hydrogen) atoms. The summed E-state index contributed by atoms with van der Waals surface area (Å²) >= 11 is 0. The number of carbonyl (C=O) groups is 1. The summed E-state index contributed by atoms with van der Waals surface area (Å²) in [5.41, 5.74) is 1.41. The number of amides is 1. The highest BCUT2D eigenvalue weighted by atomic mass is 16.6. The molecule has 2 aromatic rings. The largest absolute Gasteiger partial charge is 0.490 e. The minimum Gasteiger partial charge on any atom is -0.490 e. The van der Waals surface area contributed by atoms with Crippen LogP contribution in [0.1, 0.15) is 56.1 Å². The van der Waals surface area contributed by atoms with Crippen molar-refractivity contribution < 1.29 is 28.5 Å². The summed E-state index contributed by atoms with van der Waals surface area (Å²) in [6.45, 7) is 10.1. The van der Waals surface area contributed by atoms with Crippen molar-refractivity contribution in [3.8, 4) is 28.7 Å². The maximum absolute atomic E-state index is 13.1. The van der Waals surface area contributed by atoms with Gasteiger partial charge in [-0.25, -0.2) is 0 Å². The van der Waals surface area contributed by atoms with Gasteiger partial charge in [0.25, 0.3) is 5.91 Å². The van der Waals surface area contributed by atoms with Gasteiger partial charge in [-0.3, -0.25) is 4.79 Å². The summed E-state index contributed by atoms with van der Waals surface area (Å²) in [5, 5.41) is 3.11. The molecule has 0 radical (unpaired) electrons. The van der Waals surface area contributed by atoms with Crippen molar-refractivity contribution >= 4 is 5.91 Å². The van der Waals surface area contributed by atoms with Crippen molar-refractivity contribution in [2.75, 3.05) is 33.0 Å². The molecule has 0 bridgehead atoms. The first-order valence-corrected chi connectivity index (χ1v) is 10.9. The quantitative estimate of drug-likeness (QED) is 0.598. The molecule has 0 saturated heterocycles. The van der Waals surface area contributed by atoms with Crippen molar-refractivity contribution in [3.63, 3.8) is 0 Å². The number of benzene rings is 2. The van der Waals surface area contributed by atoms with Crippen molar-refractivity contribution in [1.29, 1.82) is 0 Å². The van der Waals surface area contributed by atoms with E-state index in [0.29, 0.717) is 61.6 Å². The van der Waals surface area contributed by atoms with Crippen LogP contribution in [0.5, 0.6) is 28.7 Å². The molecule has 1 N–H and O–H groups in total. The molecule has 1 aliphatic heterocycles. The molecule has 1 heterocycles. The normalized spacial score (nSPS) is 13.3. The Bertz CT molecular complexity index is 871. The van der Waals surface area contributed by atoms with Crippen LogP contribution in [0.3, 0.4) is 0 Å². The van der Waals surface area contributed by atoms with E-state index in [1.807, 2.05) is 45.9 Å². The van der Waals surface area contributed by atoms with Crippen LogP contribution in [0.4, 0.5) is 0 Å². The molecular weight excluding hydrogens is 398 g/mol. The van der Waals surface area contributed by atoms with Gasteiger partial charge in [0.1, 0.15) is 13.2 Å². The van der Waals surface area contributed by atoms with Gasteiger partial charge in [0, 0.05) is 5.56 Å². The summed E-state index contributed by atoms with van der Waals surface area (Å²) in [6.07, 6.45) is 0.721. The summed E-state index contributed by atoms with van der Waals surface area (Å²) in [6, 6.07) is 8.98. The predicted molar refractivity (Wildman–Crippen MR) is 118 cm³/mol. The molecule has 3 rings (SSSR count). The van der Waals surface area contributed by atoms with Gasteiger partial charge in [0.05, 0.1) is 25.9 Å². The highest BCUT2D eigenvalue weighted by Gasteiger charge is 2.22. The Morgan fingerprint density at radius 3 is 2.10 bits per heavy atom. The Morgan fingerprint density at radius 2 is 1.52 bits per heavy atom. The van der Waals surface area contributed by atoms with Crippen molar-refractivity contribution in [3.05, 3.63) is 41.5 Å². The predicted octanol–water partition coefficient (Wildman–Crippen LogP) is 4.54. The minimum atomic E-state index is -0.216. The zero-order valence-electron chi connectivity index (χ0n) is 18.7. The molecule has 0 aliphatic carbocycles. The molecule has 0 saturated carbocycles. The molecule has 1 amide bonds. The van der Waals surface area contributed by atoms with Gasteiger partial charge < -0.3 is 29.0 Å². The SMILES string of the molecule is CCOc1cc(C(=O)NC(CC)c2ccc3c(c2)OCCO3)cc(OCC)c1OCC. The second-order valence-electron chi connectivity index (χ2n) is 6.94. The van der Waals surface area contributed by atoms with Crippen molar-refractivity contribution in [1.82, 2.24) is 5.32 Å². The fourth-order valence-electron chi connectivity index (χ4n) is 3.46. The number of ether oxygens (including phenoxy) is 5. The van der Waals surface area contributed by atoms with Crippen molar-refractivity contribution in [2.45, 2.75) is 40.2 Å². The molecule has 1 aliphatic rings. The Kier molecular flexibility index (Phi) is 7.87. The average Bonchev–Trinajstić information content (AvgIpc) is 2.79. The number of hydrogen-bond acceptors (Lipinski definition) is 6. The number of hydrogen-bond donors (Lipinski definition) is 1. The van der Waals surface area contributed by atoms with Crippen LogP contribution in [0.15, 0.2) is 30.3 Å². The van der Waals surface area contributed by atoms with E-state index in [2.05, 4.69) is 5.32 Å². The zero-order valence-corrected chi connectivity index (χ0v) is 18.7. The Balaban J connectivity index is 1.86. The number of fused-ring (bicyclic) bond motifs is 1. The topological polar surface area (TPSA) is 75.3 Å². The lowest BCUT2D eigenvalue weighted by atomic mass is 10.0. The van der Waals surface area contributed by atoms with E-state index < -0.39 is 0 Å². The Hall–Kier alpha value is -3.09. The smallest absolute Gasteiger partial charge is 0.252 e. The van der Waals surface area contributed by atoms with Crippen LogP contribution >= 0.6 is 0 Å². The second-order valence-corrected chi connectivity index (χ2v) is 6.94. The average molecular weight is 430 g/mol. The van der Waals surface area contributed by atoms with Gasteiger partial charge in [-0.15, -0.1) is 0 Å². The summed E-state index contributed by atoms with van der Waals surface area (Å²) in [4.78, 5) is 13.1. The number of carbonyl (C=O) groups excluding carboxylic acids is 1. The second kappa shape index (κ2) is 10.8. The van der Waals surface area contributed by atoms with E-state index >= 15 is 0 Å². The van der Waals surface area contributed by atoms with Gasteiger partial charge in [0.15, 0.2) is 23.0 Å². The highest BCUT2D eigenvalue weighted by Crippen LogP contribution is 2.39. The molecule has 1 unspecified atom stereocenters. The molecule has 1 atom stereocenters. The summed E-state index contributed by atoms with van der Waals surface area (Å²) in [7, 11) is 0. The summed E-state index contributed by atoms with van der Waals surface area (Å²) < 4.78 is 28.5. The van der Waals surface area contributed by atoms with Gasteiger partial charge in [-0.1, -0.05) is 13.0 Å². The Labute approximate surface area is 183 Å². The van der Waals surface area contributed by atoms with Gasteiger partial charge in [-0.05, 0) is 57.0 Å². The van der Waals surface area contributed by atoms with Crippen LogP contribution in [-0.2, 0) is 0 Å². The lowest BCUT2D eigenvalue weighted by Crippen LogP contribution is -2.28. The molecule has 0 spiro atoms. The van der Waals surface area contributed by atoms with Crippen molar-refractivity contribution in [2.24, 2.45) is 0 Å². The summed E-state index contributed by atoms with van der Waals surface area (Å²) in [5.74, 6) is 2.72. The third-order valence-electron chi connectivity index (χ3n) is 4.85. The lowest BCUT2D eigenvalue weighted by Gasteiger charge is -2.23. The minimum absolute atomic E-state index is 0.180. The van der Waals surface area contributed by atoms with Gasteiger partial charge >= 0.3 is 0 Å². The fourth-order valence-corrected chi connectivity index (χ4v) is 3.46.